The number of hydrogen-bond donors (Lipinski definition) is 1. The molecule has 1 nitrogen and oxygen atoms in total. The molecule has 2 unspecified atom stereocenters. The van der Waals surface area contributed by atoms with Crippen LogP contribution < -0.4 is 5.32 Å². The third-order valence-corrected chi connectivity index (χ3v) is 6.32. The van der Waals surface area contributed by atoms with Crippen molar-refractivity contribution in [3.05, 3.63) is 77.9 Å². The standard InChI is InChI=1S/C21H21NS/c1-3-15-9-4-5-12-18(15)22-19-13-8-10-16-17-11-6-7-14-21(17,2)23-20(16)19/h4-14,17,22H,3H2,1-2H3. The van der Waals surface area contributed by atoms with Crippen molar-refractivity contribution in [2.45, 2.75) is 35.8 Å². The normalized spacial score (nSPS) is 24.3. The predicted molar refractivity (Wildman–Crippen MR) is 101 cm³/mol. The van der Waals surface area contributed by atoms with E-state index in [1.54, 1.807) is 0 Å². The molecule has 0 bridgehead atoms. The molecule has 116 valence electrons. The Hall–Kier alpha value is -1.93. The molecular weight excluding hydrogens is 298 g/mol. The molecule has 2 aromatic rings. The number of rotatable bonds is 3. The lowest BCUT2D eigenvalue weighted by atomic mass is 9.84. The third-order valence-electron chi connectivity index (χ3n) is 4.83. The number of aryl methyl sites for hydroxylation is 1. The average molecular weight is 319 g/mol. The fraction of sp³-hybridized carbons (Fsp3) is 0.238. The van der Waals surface area contributed by atoms with Crippen LogP contribution in [0.25, 0.3) is 0 Å². The SMILES string of the molecule is CCc1ccccc1Nc1cccc2c1SC1(C)C=CC=CC21. The first-order chi connectivity index (χ1) is 11.2. The molecule has 2 aliphatic rings. The zero-order valence-electron chi connectivity index (χ0n) is 13.5. The van der Waals surface area contributed by atoms with Gasteiger partial charge in [-0.15, -0.1) is 11.8 Å². The van der Waals surface area contributed by atoms with Gasteiger partial charge in [0.05, 0.1) is 5.69 Å². The molecule has 0 radical (unpaired) electrons. The number of allylic oxidation sites excluding steroid dienone is 3. The van der Waals surface area contributed by atoms with Crippen LogP contribution >= 0.6 is 11.8 Å². The fourth-order valence-electron chi connectivity index (χ4n) is 3.55. The van der Waals surface area contributed by atoms with E-state index >= 15 is 0 Å². The van der Waals surface area contributed by atoms with Crippen molar-refractivity contribution in [2.24, 2.45) is 0 Å². The summed E-state index contributed by atoms with van der Waals surface area (Å²) in [5.74, 6) is 0.468. The van der Waals surface area contributed by atoms with E-state index in [4.69, 9.17) is 0 Å². The molecule has 1 heterocycles. The molecule has 1 aliphatic carbocycles. The van der Waals surface area contributed by atoms with Crippen molar-refractivity contribution in [1.29, 1.82) is 0 Å². The van der Waals surface area contributed by atoms with E-state index in [1.807, 2.05) is 11.8 Å². The first-order valence-electron chi connectivity index (χ1n) is 8.24. The van der Waals surface area contributed by atoms with E-state index in [2.05, 4.69) is 85.9 Å². The maximum absolute atomic E-state index is 3.68. The molecule has 4 rings (SSSR count). The number of benzene rings is 2. The Morgan fingerprint density at radius 1 is 1.04 bits per heavy atom. The molecule has 1 aliphatic heterocycles. The number of para-hydroxylation sites is 1. The van der Waals surface area contributed by atoms with Crippen LogP contribution in [-0.4, -0.2) is 4.75 Å². The van der Waals surface area contributed by atoms with Crippen molar-refractivity contribution in [1.82, 2.24) is 0 Å². The smallest absolute Gasteiger partial charge is 0.0525 e. The Morgan fingerprint density at radius 3 is 2.74 bits per heavy atom. The molecule has 0 saturated heterocycles. The summed E-state index contributed by atoms with van der Waals surface area (Å²) < 4.78 is 0.138. The molecule has 1 N–H and O–H groups in total. The Labute approximate surface area is 142 Å². The van der Waals surface area contributed by atoms with Crippen LogP contribution in [0.3, 0.4) is 0 Å². The van der Waals surface area contributed by atoms with Crippen LogP contribution in [0, 0.1) is 0 Å². The van der Waals surface area contributed by atoms with Gasteiger partial charge in [-0.25, -0.2) is 0 Å². The summed E-state index contributed by atoms with van der Waals surface area (Å²) in [7, 11) is 0. The van der Waals surface area contributed by atoms with Gasteiger partial charge in [0.15, 0.2) is 0 Å². The van der Waals surface area contributed by atoms with Crippen LogP contribution in [0.15, 0.2) is 71.7 Å². The fourth-order valence-corrected chi connectivity index (χ4v) is 5.02. The summed E-state index contributed by atoms with van der Waals surface area (Å²) in [6.07, 6.45) is 10.1. The van der Waals surface area contributed by atoms with E-state index in [-0.39, 0.29) is 4.75 Å². The minimum Gasteiger partial charge on any atom is -0.354 e. The molecule has 0 aromatic heterocycles. The summed E-state index contributed by atoms with van der Waals surface area (Å²) in [6.45, 7) is 4.54. The lowest BCUT2D eigenvalue weighted by Crippen LogP contribution is -2.22. The average Bonchev–Trinajstić information content (AvgIpc) is 2.89. The third kappa shape index (κ3) is 2.42. The first-order valence-corrected chi connectivity index (χ1v) is 9.06. The maximum Gasteiger partial charge on any atom is 0.0525 e. The van der Waals surface area contributed by atoms with Crippen molar-refractivity contribution in [3.63, 3.8) is 0 Å². The summed E-state index contributed by atoms with van der Waals surface area (Å²) >= 11 is 1.98. The Morgan fingerprint density at radius 2 is 1.87 bits per heavy atom. The van der Waals surface area contributed by atoms with Crippen LogP contribution in [0.2, 0.25) is 0 Å². The van der Waals surface area contributed by atoms with Gasteiger partial charge in [0.2, 0.25) is 0 Å². The van der Waals surface area contributed by atoms with E-state index < -0.39 is 0 Å². The number of anilines is 2. The Balaban J connectivity index is 1.75. The van der Waals surface area contributed by atoms with Crippen LogP contribution in [-0.2, 0) is 6.42 Å². The lowest BCUT2D eigenvalue weighted by molar-refractivity contribution is 0.702. The largest absolute Gasteiger partial charge is 0.354 e. The minimum atomic E-state index is 0.138. The quantitative estimate of drug-likeness (QED) is 0.737. The zero-order valence-corrected chi connectivity index (χ0v) is 14.4. The Bertz CT molecular complexity index is 805. The highest BCUT2D eigenvalue weighted by Gasteiger charge is 2.42. The second-order valence-corrected chi connectivity index (χ2v) is 7.86. The summed E-state index contributed by atoms with van der Waals surface area (Å²) in [6, 6.07) is 15.2. The van der Waals surface area contributed by atoms with Gasteiger partial charge in [-0.3, -0.25) is 0 Å². The highest BCUT2D eigenvalue weighted by molar-refractivity contribution is 8.01. The highest BCUT2D eigenvalue weighted by Crippen LogP contribution is 2.57. The van der Waals surface area contributed by atoms with Gasteiger partial charge in [0, 0.05) is 21.2 Å². The monoisotopic (exact) mass is 319 g/mol. The van der Waals surface area contributed by atoms with Crippen molar-refractivity contribution >= 4 is 23.1 Å². The predicted octanol–water partition coefficient (Wildman–Crippen LogP) is 6.07. The molecule has 0 amide bonds. The van der Waals surface area contributed by atoms with E-state index in [9.17, 15) is 0 Å². The first kappa shape index (κ1) is 14.6. The maximum atomic E-state index is 3.68. The second kappa shape index (κ2) is 5.61. The van der Waals surface area contributed by atoms with Gasteiger partial charge < -0.3 is 5.32 Å². The molecular formula is C21H21NS. The lowest BCUT2D eigenvalue weighted by Gasteiger charge is -2.27. The van der Waals surface area contributed by atoms with Gasteiger partial charge in [-0.2, -0.15) is 0 Å². The van der Waals surface area contributed by atoms with Crippen molar-refractivity contribution in [2.75, 3.05) is 5.32 Å². The molecule has 0 saturated carbocycles. The molecule has 2 aromatic carbocycles. The van der Waals surface area contributed by atoms with E-state index in [0.29, 0.717) is 5.92 Å². The van der Waals surface area contributed by atoms with Crippen molar-refractivity contribution in [3.8, 4) is 0 Å². The summed E-state index contributed by atoms with van der Waals surface area (Å²) in [4.78, 5) is 1.39. The topological polar surface area (TPSA) is 12.0 Å². The van der Waals surface area contributed by atoms with Crippen LogP contribution in [0.1, 0.15) is 30.9 Å². The van der Waals surface area contributed by atoms with E-state index in [1.165, 1.54) is 27.4 Å². The van der Waals surface area contributed by atoms with Crippen LogP contribution in [0.5, 0.6) is 0 Å². The molecule has 2 atom stereocenters. The molecule has 0 spiro atoms. The Kier molecular flexibility index (Phi) is 3.57. The summed E-state index contributed by atoms with van der Waals surface area (Å²) in [5.41, 5.74) is 5.24. The summed E-state index contributed by atoms with van der Waals surface area (Å²) in [5, 5.41) is 3.68. The number of hydrogen-bond acceptors (Lipinski definition) is 2. The highest BCUT2D eigenvalue weighted by atomic mass is 32.2. The van der Waals surface area contributed by atoms with Gasteiger partial charge in [0.1, 0.15) is 0 Å². The number of thioether (sulfide) groups is 1. The second-order valence-electron chi connectivity index (χ2n) is 6.37. The molecule has 2 heteroatoms. The van der Waals surface area contributed by atoms with Gasteiger partial charge in [-0.05, 0) is 36.6 Å². The zero-order chi connectivity index (χ0) is 15.9. The van der Waals surface area contributed by atoms with Gasteiger partial charge in [0.25, 0.3) is 0 Å². The van der Waals surface area contributed by atoms with E-state index in [0.717, 1.165) is 6.42 Å². The van der Waals surface area contributed by atoms with Crippen LogP contribution in [0.4, 0.5) is 11.4 Å². The van der Waals surface area contributed by atoms with Crippen molar-refractivity contribution < 1.29 is 0 Å². The van der Waals surface area contributed by atoms with Gasteiger partial charge >= 0.3 is 0 Å². The molecule has 23 heavy (non-hydrogen) atoms. The molecule has 0 fully saturated rings. The number of nitrogens with one attached hydrogen (secondary N) is 1. The number of fused-ring (bicyclic) bond motifs is 3. The minimum absolute atomic E-state index is 0.138. The van der Waals surface area contributed by atoms with Gasteiger partial charge in [-0.1, -0.05) is 61.6 Å².